The molecule has 1 heterocycles. The van der Waals surface area contributed by atoms with Crippen molar-refractivity contribution in [1.82, 2.24) is 15.5 Å². The Bertz CT molecular complexity index is 196. The Balaban J connectivity index is 2.48. The lowest BCUT2D eigenvalue weighted by Gasteiger charge is -2.29. The minimum Gasteiger partial charge on any atom is -0.358 e. The van der Waals surface area contributed by atoms with Crippen molar-refractivity contribution in [2.75, 3.05) is 33.2 Å². The molecule has 1 amide bonds. The molecule has 0 bridgehead atoms. The summed E-state index contributed by atoms with van der Waals surface area (Å²) in [5, 5.41) is 6.02. The van der Waals surface area contributed by atoms with Crippen LogP contribution in [0.15, 0.2) is 0 Å². The van der Waals surface area contributed by atoms with Crippen molar-refractivity contribution in [1.29, 1.82) is 0 Å². The lowest BCUT2D eigenvalue weighted by molar-refractivity contribution is -0.122. The van der Waals surface area contributed by atoms with E-state index in [2.05, 4.69) is 29.4 Å². The van der Waals surface area contributed by atoms with Gasteiger partial charge in [-0.25, -0.2) is 0 Å². The molecule has 1 aliphatic heterocycles. The van der Waals surface area contributed by atoms with Crippen molar-refractivity contribution in [3.63, 3.8) is 0 Å². The van der Waals surface area contributed by atoms with Crippen LogP contribution < -0.4 is 10.6 Å². The molecule has 1 fully saturated rings. The Labute approximate surface area is 86.0 Å². The maximum absolute atomic E-state index is 11.3. The van der Waals surface area contributed by atoms with Crippen molar-refractivity contribution in [3.05, 3.63) is 0 Å². The molecule has 0 radical (unpaired) electrons. The molecule has 14 heavy (non-hydrogen) atoms. The van der Waals surface area contributed by atoms with Gasteiger partial charge in [0.1, 0.15) is 0 Å². The zero-order chi connectivity index (χ0) is 10.6. The number of hydrogen-bond acceptors (Lipinski definition) is 3. The Morgan fingerprint density at radius 3 is 2.71 bits per heavy atom. The number of hydrogen-bond donors (Lipinski definition) is 2. The standard InChI is InChI=1S/C10H21N3O/c1-4-13(7-10(14)11-3)9-6-12-5-8(9)2/h8-9,12H,4-7H2,1-3H3,(H,11,14). The van der Waals surface area contributed by atoms with Gasteiger partial charge in [0.05, 0.1) is 6.54 Å². The van der Waals surface area contributed by atoms with E-state index < -0.39 is 0 Å². The first kappa shape index (κ1) is 11.5. The second-order valence-electron chi connectivity index (χ2n) is 3.94. The summed E-state index contributed by atoms with van der Waals surface area (Å²) in [7, 11) is 1.69. The molecule has 0 aromatic heterocycles. The van der Waals surface area contributed by atoms with Crippen LogP contribution in [0.3, 0.4) is 0 Å². The highest BCUT2D eigenvalue weighted by atomic mass is 16.1. The molecule has 4 heteroatoms. The quantitative estimate of drug-likeness (QED) is 0.651. The highest BCUT2D eigenvalue weighted by Crippen LogP contribution is 2.14. The van der Waals surface area contributed by atoms with E-state index in [1.807, 2.05) is 0 Å². The van der Waals surface area contributed by atoms with Crippen molar-refractivity contribution in [2.45, 2.75) is 19.9 Å². The van der Waals surface area contributed by atoms with Gasteiger partial charge in [0.25, 0.3) is 0 Å². The van der Waals surface area contributed by atoms with Crippen molar-refractivity contribution in [3.8, 4) is 0 Å². The van der Waals surface area contributed by atoms with Crippen LogP contribution in [-0.4, -0.2) is 50.1 Å². The Morgan fingerprint density at radius 1 is 1.57 bits per heavy atom. The summed E-state index contributed by atoms with van der Waals surface area (Å²) in [6.45, 7) is 7.86. The average molecular weight is 199 g/mol. The Hall–Kier alpha value is -0.610. The first-order valence-corrected chi connectivity index (χ1v) is 5.34. The second-order valence-corrected chi connectivity index (χ2v) is 3.94. The van der Waals surface area contributed by atoms with Crippen LogP contribution in [0.5, 0.6) is 0 Å². The fraction of sp³-hybridized carbons (Fsp3) is 0.900. The molecule has 0 spiro atoms. The SMILES string of the molecule is CCN(CC(=O)NC)C1CNCC1C. The molecule has 82 valence electrons. The number of carbonyl (C=O) groups excluding carboxylic acids is 1. The zero-order valence-corrected chi connectivity index (χ0v) is 9.34. The largest absolute Gasteiger partial charge is 0.358 e. The van der Waals surface area contributed by atoms with E-state index in [4.69, 9.17) is 0 Å². The summed E-state index contributed by atoms with van der Waals surface area (Å²) in [6, 6.07) is 0.511. The van der Waals surface area contributed by atoms with Gasteiger partial charge in [-0.05, 0) is 19.0 Å². The van der Waals surface area contributed by atoms with Gasteiger partial charge in [-0.2, -0.15) is 0 Å². The summed E-state index contributed by atoms with van der Waals surface area (Å²) in [5.74, 6) is 0.741. The van der Waals surface area contributed by atoms with E-state index in [0.717, 1.165) is 19.6 Å². The number of likely N-dealkylation sites (N-methyl/N-ethyl adjacent to an activating group) is 2. The highest BCUT2D eigenvalue weighted by Gasteiger charge is 2.28. The molecule has 1 rings (SSSR count). The van der Waals surface area contributed by atoms with Gasteiger partial charge in [-0.15, -0.1) is 0 Å². The van der Waals surface area contributed by atoms with Crippen LogP contribution in [0, 0.1) is 5.92 Å². The molecule has 2 unspecified atom stereocenters. The zero-order valence-electron chi connectivity index (χ0n) is 9.34. The van der Waals surface area contributed by atoms with E-state index in [9.17, 15) is 4.79 Å². The van der Waals surface area contributed by atoms with Gasteiger partial charge in [0.15, 0.2) is 0 Å². The van der Waals surface area contributed by atoms with E-state index in [-0.39, 0.29) is 5.91 Å². The molecule has 0 saturated carbocycles. The first-order chi connectivity index (χ1) is 6.69. The molecule has 1 aliphatic rings. The minimum absolute atomic E-state index is 0.103. The predicted octanol–water partition coefficient (Wildman–Crippen LogP) is -0.338. The minimum atomic E-state index is 0.103. The number of nitrogens with one attached hydrogen (secondary N) is 2. The number of amides is 1. The van der Waals surface area contributed by atoms with Crippen molar-refractivity contribution >= 4 is 5.91 Å². The van der Waals surface area contributed by atoms with Crippen molar-refractivity contribution < 1.29 is 4.79 Å². The topological polar surface area (TPSA) is 44.4 Å². The molecular formula is C10H21N3O. The average Bonchev–Trinajstić information content (AvgIpc) is 2.60. The number of carbonyl (C=O) groups is 1. The van der Waals surface area contributed by atoms with Gasteiger partial charge in [0.2, 0.25) is 5.91 Å². The molecule has 2 atom stereocenters. The lowest BCUT2D eigenvalue weighted by atomic mass is 10.0. The molecular weight excluding hydrogens is 178 g/mol. The van der Waals surface area contributed by atoms with Crippen LogP contribution in [0.2, 0.25) is 0 Å². The molecule has 4 nitrogen and oxygen atoms in total. The molecule has 0 aromatic rings. The molecule has 0 aromatic carbocycles. The molecule has 0 aliphatic carbocycles. The Morgan fingerprint density at radius 2 is 2.29 bits per heavy atom. The van der Waals surface area contributed by atoms with Gasteiger partial charge in [0, 0.05) is 19.6 Å². The fourth-order valence-electron chi connectivity index (χ4n) is 2.01. The summed E-state index contributed by atoms with van der Waals surface area (Å²) < 4.78 is 0. The van der Waals surface area contributed by atoms with E-state index in [1.165, 1.54) is 0 Å². The fourth-order valence-corrected chi connectivity index (χ4v) is 2.01. The van der Waals surface area contributed by atoms with E-state index >= 15 is 0 Å². The summed E-state index contributed by atoms with van der Waals surface area (Å²) in [6.07, 6.45) is 0. The lowest BCUT2D eigenvalue weighted by Crippen LogP contribution is -2.45. The summed E-state index contributed by atoms with van der Waals surface area (Å²) >= 11 is 0. The third-order valence-electron chi connectivity index (χ3n) is 2.98. The van der Waals surface area contributed by atoms with Crippen LogP contribution in [0.1, 0.15) is 13.8 Å². The van der Waals surface area contributed by atoms with Crippen molar-refractivity contribution in [2.24, 2.45) is 5.92 Å². The molecule has 1 saturated heterocycles. The maximum Gasteiger partial charge on any atom is 0.233 e. The van der Waals surface area contributed by atoms with Crippen LogP contribution in [0.4, 0.5) is 0 Å². The van der Waals surface area contributed by atoms with Crippen LogP contribution in [0.25, 0.3) is 0 Å². The normalized spacial score (nSPS) is 26.9. The third kappa shape index (κ3) is 2.69. The van der Waals surface area contributed by atoms with Gasteiger partial charge in [-0.1, -0.05) is 13.8 Å². The van der Waals surface area contributed by atoms with Gasteiger partial charge < -0.3 is 10.6 Å². The highest BCUT2D eigenvalue weighted by molar-refractivity contribution is 5.77. The summed E-state index contributed by atoms with van der Waals surface area (Å²) in [5.41, 5.74) is 0. The van der Waals surface area contributed by atoms with E-state index in [1.54, 1.807) is 7.05 Å². The van der Waals surface area contributed by atoms with Gasteiger partial charge >= 0.3 is 0 Å². The number of rotatable bonds is 4. The summed E-state index contributed by atoms with van der Waals surface area (Å²) in [4.78, 5) is 13.5. The third-order valence-corrected chi connectivity index (χ3v) is 2.98. The maximum atomic E-state index is 11.3. The van der Waals surface area contributed by atoms with Crippen LogP contribution in [-0.2, 0) is 4.79 Å². The number of nitrogens with zero attached hydrogens (tertiary/aromatic N) is 1. The monoisotopic (exact) mass is 199 g/mol. The smallest absolute Gasteiger partial charge is 0.233 e. The predicted molar refractivity (Wildman–Crippen MR) is 57.1 cm³/mol. The van der Waals surface area contributed by atoms with Gasteiger partial charge in [-0.3, -0.25) is 9.69 Å². The Kier molecular flexibility index (Phi) is 4.35. The first-order valence-electron chi connectivity index (χ1n) is 5.34. The second kappa shape index (κ2) is 5.32. The van der Waals surface area contributed by atoms with Crippen LogP contribution >= 0.6 is 0 Å². The molecule has 2 N–H and O–H groups in total. The van der Waals surface area contributed by atoms with E-state index in [0.29, 0.717) is 18.5 Å².